The molecule has 0 saturated heterocycles. The Balaban J connectivity index is 2.36. The number of aryl methyl sites for hydroxylation is 1. The molecule has 4 heteroatoms. The molecule has 2 rings (SSSR count). The number of aliphatic hydroxyl groups is 1. The average Bonchev–Trinajstić information content (AvgIpc) is 2.49. The predicted octanol–water partition coefficient (Wildman–Crippen LogP) is 3.71. The standard InChI is InChI=1S/C17H24N2OS/c1-4-7-13-10-16(18-12(2)17(11-20)21-3)14-8-5-6-9-15(14)19-13/h5-6,8-10,12,17,20H,4,7,11H2,1-3H3,(H,18,19). The fourth-order valence-corrected chi connectivity index (χ4v) is 3.13. The lowest BCUT2D eigenvalue weighted by Gasteiger charge is -2.23. The van der Waals surface area contributed by atoms with Crippen LogP contribution in [0.3, 0.4) is 0 Å². The summed E-state index contributed by atoms with van der Waals surface area (Å²) in [7, 11) is 0. The number of nitrogens with zero attached hydrogens (tertiary/aromatic N) is 1. The van der Waals surface area contributed by atoms with Gasteiger partial charge in [-0.25, -0.2) is 0 Å². The Morgan fingerprint density at radius 2 is 2.10 bits per heavy atom. The number of anilines is 1. The van der Waals surface area contributed by atoms with Crippen molar-refractivity contribution >= 4 is 28.4 Å². The third-order valence-corrected chi connectivity index (χ3v) is 4.86. The number of aliphatic hydroxyl groups excluding tert-OH is 1. The quantitative estimate of drug-likeness (QED) is 0.818. The summed E-state index contributed by atoms with van der Waals surface area (Å²) in [5.41, 5.74) is 3.27. The molecule has 0 fully saturated rings. The molecule has 2 N–H and O–H groups in total. The number of hydrogen-bond acceptors (Lipinski definition) is 4. The van der Waals surface area contributed by atoms with Crippen molar-refractivity contribution in [1.82, 2.24) is 4.98 Å². The van der Waals surface area contributed by atoms with Crippen LogP contribution in [0.5, 0.6) is 0 Å². The van der Waals surface area contributed by atoms with Gasteiger partial charge in [0.25, 0.3) is 0 Å². The summed E-state index contributed by atoms with van der Waals surface area (Å²) in [4.78, 5) is 4.72. The first-order valence-corrected chi connectivity index (χ1v) is 8.77. The average molecular weight is 304 g/mol. The molecule has 0 radical (unpaired) electrons. The van der Waals surface area contributed by atoms with E-state index < -0.39 is 0 Å². The van der Waals surface area contributed by atoms with Crippen molar-refractivity contribution in [3.63, 3.8) is 0 Å². The van der Waals surface area contributed by atoms with E-state index in [4.69, 9.17) is 4.98 Å². The summed E-state index contributed by atoms with van der Waals surface area (Å²) in [5.74, 6) is 0. The number of benzene rings is 1. The van der Waals surface area contributed by atoms with E-state index in [9.17, 15) is 5.11 Å². The minimum atomic E-state index is 0.181. The SMILES string of the molecule is CCCc1cc(NC(C)C(CO)SC)c2ccccc2n1. The molecule has 0 spiro atoms. The molecule has 0 bridgehead atoms. The molecule has 0 aliphatic carbocycles. The summed E-state index contributed by atoms with van der Waals surface area (Å²) >= 11 is 1.69. The highest BCUT2D eigenvalue weighted by molar-refractivity contribution is 7.99. The van der Waals surface area contributed by atoms with Crippen molar-refractivity contribution in [1.29, 1.82) is 0 Å². The lowest BCUT2D eigenvalue weighted by molar-refractivity contribution is 0.288. The van der Waals surface area contributed by atoms with E-state index in [1.54, 1.807) is 11.8 Å². The van der Waals surface area contributed by atoms with E-state index >= 15 is 0 Å². The van der Waals surface area contributed by atoms with Gasteiger partial charge in [-0.3, -0.25) is 4.98 Å². The first-order chi connectivity index (χ1) is 10.2. The molecule has 0 aliphatic rings. The smallest absolute Gasteiger partial charge is 0.0726 e. The third-order valence-electron chi connectivity index (χ3n) is 3.70. The Labute approximate surface area is 131 Å². The molecule has 2 unspecified atom stereocenters. The zero-order valence-corrected chi connectivity index (χ0v) is 13.8. The van der Waals surface area contributed by atoms with Crippen molar-refractivity contribution in [3.05, 3.63) is 36.0 Å². The van der Waals surface area contributed by atoms with Gasteiger partial charge in [-0.2, -0.15) is 11.8 Å². The van der Waals surface area contributed by atoms with E-state index in [2.05, 4.69) is 37.4 Å². The number of thioether (sulfide) groups is 1. The number of aromatic nitrogens is 1. The van der Waals surface area contributed by atoms with Gasteiger partial charge in [0.15, 0.2) is 0 Å². The number of hydrogen-bond donors (Lipinski definition) is 2. The minimum Gasteiger partial charge on any atom is -0.395 e. The second-order valence-corrected chi connectivity index (χ2v) is 6.39. The van der Waals surface area contributed by atoms with Crippen molar-refractivity contribution < 1.29 is 5.11 Å². The molecule has 1 heterocycles. The van der Waals surface area contributed by atoms with E-state index in [-0.39, 0.29) is 17.9 Å². The highest BCUT2D eigenvalue weighted by Crippen LogP contribution is 2.26. The maximum atomic E-state index is 9.45. The van der Waals surface area contributed by atoms with Gasteiger partial charge in [-0.15, -0.1) is 0 Å². The van der Waals surface area contributed by atoms with Crippen LogP contribution in [0, 0.1) is 0 Å². The molecule has 114 valence electrons. The van der Waals surface area contributed by atoms with Crippen LogP contribution < -0.4 is 5.32 Å². The Kier molecular flexibility index (Phi) is 5.88. The third kappa shape index (κ3) is 3.89. The van der Waals surface area contributed by atoms with Crippen LogP contribution in [-0.2, 0) is 6.42 Å². The first kappa shape index (κ1) is 16.1. The van der Waals surface area contributed by atoms with Gasteiger partial charge < -0.3 is 10.4 Å². The molecule has 3 nitrogen and oxygen atoms in total. The lowest BCUT2D eigenvalue weighted by Crippen LogP contribution is -2.31. The Morgan fingerprint density at radius 1 is 1.33 bits per heavy atom. The van der Waals surface area contributed by atoms with Gasteiger partial charge in [0, 0.05) is 28.1 Å². The van der Waals surface area contributed by atoms with Gasteiger partial charge in [0.2, 0.25) is 0 Å². The van der Waals surface area contributed by atoms with E-state index in [1.165, 1.54) is 0 Å². The summed E-state index contributed by atoms with van der Waals surface area (Å²) < 4.78 is 0. The molecule has 0 aliphatic heterocycles. The predicted molar refractivity (Wildman–Crippen MR) is 93.2 cm³/mol. The topological polar surface area (TPSA) is 45.1 Å². The number of pyridine rings is 1. The van der Waals surface area contributed by atoms with E-state index in [0.29, 0.717) is 0 Å². The van der Waals surface area contributed by atoms with Crippen molar-refractivity contribution in [2.75, 3.05) is 18.2 Å². The molecular weight excluding hydrogens is 280 g/mol. The highest BCUT2D eigenvalue weighted by atomic mass is 32.2. The molecule has 1 aromatic carbocycles. The molecular formula is C17H24N2OS. The van der Waals surface area contributed by atoms with Gasteiger partial charge in [0.05, 0.1) is 12.1 Å². The van der Waals surface area contributed by atoms with Crippen LogP contribution in [0.1, 0.15) is 26.0 Å². The molecule has 0 saturated carbocycles. The van der Waals surface area contributed by atoms with Crippen LogP contribution in [0.4, 0.5) is 5.69 Å². The van der Waals surface area contributed by atoms with Crippen LogP contribution in [0.15, 0.2) is 30.3 Å². The maximum Gasteiger partial charge on any atom is 0.0726 e. The van der Waals surface area contributed by atoms with Crippen molar-refractivity contribution in [2.24, 2.45) is 0 Å². The van der Waals surface area contributed by atoms with E-state index in [1.807, 2.05) is 18.4 Å². The van der Waals surface area contributed by atoms with Crippen LogP contribution >= 0.6 is 11.8 Å². The zero-order chi connectivity index (χ0) is 15.2. The largest absolute Gasteiger partial charge is 0.395 e. The summed E-state index contributed by atoms with van der Waals surface area (Å²) in [6, 6.07) is 10.6. The second-order valence-electron chi connectivity index (χ2n) is 5.32. The number of fused-ring (bicyclic) bond motifs is 1. The zero-order valence-electron chi connectivity index (χ0n) is 13.0. The Morgan fingerprint density at radius 3 is 2.76 bits per heavy atom. The van der Waals surface area contributed by atoms with E-state index in [0.717, 1.165) is 35.1 Å². The molecule has 21 heavy (non-hydrogen) atoms. The summed E-state index contributed by atoms with van der Waals surface area (Å²) in [5, 5.41) is 14.3. The van der Waals surface area contributed by atoms with Gasteiger partial charge in [-0.05, 0) is 31.7 Å². The molecule has 0 amide bonds. The summed E-state index contributed by atoms with van der Waals surface area (Å²) in [6.07, 6.45) is 4.11. The number of rotatable bonds is 7. The highest BCUT2D eigenvalue weighted by Gasteiger charge is 2.16. The minimum absolute atomic E-state index is 0.181. The van der Waals surface area contributed by atoms with Crippen LogP contribution in [0.25, 0.3) is 10.9 Å². The van der Waals surface area contributed by atoms with Crippen molar-refractivity contribution in [3.8, 4) is 0 Å². The first-order valence-electron chi connectivity index (χ1n) is 7.48. The number of para-hydroxylation sites is 1. The van der Waals surface area contributed by atoms with Crippen LogP contribution in [0.2, 0.25) is 0 Å². The molecule has 2 aromatic rings. The summed E-state index contributed by atoms with van der Waals surface area (Å²) in [6.45, 7) is 4.47. The van der Waals surface area contributed by atoms with Crippen molar-refractivity contribution in [2.45, 2.75) is 38.0 Å². The van der Waals surface area contributed by atoms with Crippen LogP contribution in [-0.4, -0.2) is 34.2 Å². The Hall–Kier alpha value is -1.26. The van der Waals surface area contributed by atoms with Gasteiger partial charge in [0.1, 0.15) is 0 Å². The fraction of sp³-hybridized carbons (Fsp3) is 0.471. The second kappa shape index (κ2) is 7.66. The fourth-order valence-electron chi connectivity index (χ4n) is 2.51. The Bertz CT molecular complexity index is 584. The monoisotopic (exact) mass is 304 g/mol. The molecule has 2 atom stereocenters. The lowest BCUT2D eigenvalue weighted by atomic mass is 10.1. The number of nitrogens with one attached hydrogen (secondary N) is 1. The van der Waals surface area contributed by atoms with Gasteiger partial charge in [-0.1, -0.05) is 31.5 Å². The normalized spacial score (nSPS) is 14.1. The molecule has 1 aromatic heterocycles. The van der Waals surface area contributed by atoms with Gasteiger partial charge >= 0.3 is 0 Å². The maximum absolute atomic E-state index is 9.45.